The van der Waals surface area contributed by atoms with Crippen LogP contribution < -0.4 is 15.4 Å². The highest BCUT2D eigenvalue weighted by atomic mass is 16.5. The number of unbranched alkanes of at least 4 members (excludes halogenated alkanes) is 1. The summed E-state index contributed by atoms with van der Waals surface area (Å²) in [7, 11) is 0. The summed E-state index contributed by atoms with van der Waals surface area (Å²) < 4.78 is 5.66. The maximum Gasteiger partial charge on any atom is 0.263 e. The highest BCUT2D eigenvalue weighted by Gasteiger charge is 2.42. The Morgan fingerprint density at radius 3 is 2.69 bits per heavy atom. The normalized spacial score (nSPS) is 18.5. The molecule has 1 aromatic rings. The first-order valence-electron chi connectivity index (χ1n) is 11.0. The number of nitrogens with one attached hydrogen (secondary N) is 2. The summed E-state index contributed by atoms with van der Waals surface area (Å²) in [4.78, 5) is 50.4. The van der Waals surface area contributed by atoms with E-state index in [0.717, 1.165) is 19.3 Å². The fourth-order valence-corrected chi connectivity index (χ4v) is 3.95. The van der Waals surface area contributed by atoms with Crippen molar-refractivity contribution in [1.29, 1.82) is 0 Å². The second kappa shape index (κ2) is 9.54. The molecule has 4 amide bonds. The SMILES string of the molecule is C=C1c2cccc(OCC(=O)NCCCCC(C)(C)C)c2C(=O)N1C1CCC(=O)NC1=O. The smallest absolute Gasteiger partial charge is 0.263 e. The van der Waals surface area contributed by atoms with Crippen LogP contribution in [0.1, 0.15) is 68.8 Å². The number of piperidine rings is 1. The highest BCUT2D eigenvalue weighted by molar-refractivity contribution is 6.14. The van der Waals surface area contributed by atoms with E-state index in [1.54, 1.807) is 18.2 Å². The van der Waals surface area contributed by atoms with Gasteiger partial charge in [-0.1, -0.05) is 45.9 Å². The van der Waals surface area contributed by atoms with Crippen LogP contribution >= 0.6 is 0 Å². The number of carbonyl (C=O) groups is 4. The summed E-state index contributed by atoms with van der Waals surface area (Å²) in [6, 6.07) is 4.26. The van der Waals surface area contributed by atoms with Crippen molar-refractivity contribution in [1.82, 2.24) is 15.5 Å². The molecule has 0 radical (unpaired) electrons. The number of nitrogens with zero attached hydrogens (tertiary/aromatic N) is 1. The number of imide groups is 1. The van der Waals surface area contributed by atoms with Gasteiger partial charge in [0.25, 0.3) is 11.8 Å². The van der Waals surface area contributed by atoms with Gasteiger partial charge in [-0.2, -0.15) is 0 Å². The molecule has 0 spiro atoms. The van der Waals surface area contributed by atoms with Crippen LogP contribution in [0, 0.1) is 5.41 Å². The summed E-state index contributed by atoms with van der Waals surface area (Å²) in [6.45, 7) is 10.9. The molecule has 32 heavy (non-hydrogen) atoms. The largest absolute Gasteiger partial charge is 0.483 e. The first-order chi connectivity index (χ1) is 15.1. The van der Waals surface area contributed by atoms with E-state index < -0.39 is 17.9 Å². The lowest BCUT2D eigenvalue weighted by molar-refractivity contribution is -0.136. The van der Waals surface area contributed by atoms with E-state index in [1.807, 2.05) is 0 Å². The molecule has 2 aliphatic heterocycles. The summed E-state index contributed by atoms with van der Waals surface area (Å²) >= 11 is 0. The van der Waals surface area contributed by atoms with Gasteiger partial charge in [0.2, 0.25) is 11.8 Å². The Morgan fingerprint density at radius 1 is 1.25 bits per heavy atom. The molecule has 1 atom stereocenters. The molecule has 1 aromatic carbocycles. The Kier molecular flexibility index (Phi) is 7.01. The van der Waals surface area contributed by atoms with E-state index in [0.29, 0.717) is 17.8 Å². The van der Waals surface area contributed by atoms with Gasteiger partial charge in [0.05, 0.1) is 5.56 Å². The third kappa shape index (κ3) is 5.36. The second-order valence-corrected chi connectivity index (χ2v) is 9.42. The van der Waals surface area contributed by atoms with Crippen molar-refractivity contribution >= 4 is 29.3 Å². The van der Waals surface area contributed by atoms with Crippen LogP contribution in [-0.2, 0) is 14.4 Å². The van der Waals surface area contributed by atoms with Gasteiger partial charge in [-0.15, -0.1) is 0 Å². The number of carbonyl (C=O) groups excluding carboxylic acids is 4. The fraction of sp³-hybridized carbons (Fsp3) is 0.500. The highest BCUT2D eigenvalue weighted by Crippen LogP contribution is 2.39. The predicted molar refractivity (Wildman–Crippen MR) is 120 cm³/mol. The molecule has 3 rings (SSSR count). The van der Waals surface area contributed by atoms with Gasteiger partial charge in [0.1, 0.15) is 11.8 Å². The van der Waals surface area contributed by atoms with Crippen LogP contribution in [-0.4, -0.2) is 47.7 Å². The summed E-state index contributed by atoms with van der Waals surface area (Å²) in [6.07, 6.45) is 3.40. The van der Waals surface area contributed by atoms with Crippen molar-refractivity contribution in [2.45, 2.75) is 58.9 Å². The van der Waals surface area contributed by atoms with Crippen molar-refractivity contribution in [3.63, 3.8) is 0 Å². The molecular formula is C24H31N3O5. The number of ether oxygens (including phenoxy) is 1. The van der Waals surface area contributed by atoms with Gasteiger partial charge in [-0.3, -0.25) is 29.4 Å². The van der Waals surface area contributed by atoms with E-state index in [9.17, 15) is 19.2 Å². The maximum absolute atomic E-state index is 13.1. The first kappa shape index (κ1) is 23.5. The Bertz CT molecular complexity index is 947. The molecule has 0 bridgehead atoms. The van der Waals surface area contributed by atoms with Crippen molar-refractivity contribution in [3.8, 4) is 5.75 Å². The van der Waals surface area contributed by atoms with Crippen molar-refractivity contribution < 1.29 is 23.9 Å². The van der Waals surface area contributed by atoms with Crippen molar-refractivity contribution in [3.05, 3.63) is 35.9 Å². The number of fused-ring (bicyclic) bond motifs is 1. The van der Waals surface area contributed by atoms with E-state index in [1.165, 1.54) is 4.90 Å². The summed E-state index contributed by atoms with van der Waals surface area (Å²) in [5.41, 5.74) is 1.49. The lowest BCUT2D eigenvalue weighted by atomic mass is 9.90. The molecule has 2 N–H and O–H groups in total. The molecule has 1 fully saturated rings. The van der Waals surface area contributed by atoms with Gasteiger partial charge >= 0.3 is 0 Å². The van der Waals surface area contributed by atoms with Crippen molar-refractivity contribution in [2.24, 2.45) is 5.41 Å². The molecule has 1 saturated heterocycles. The maximum atomic E-state index is 13.1. The van der Waals surface area contributed by atoms with Crippen LogP contribution in [0.2, 0.25) is 0 Å². The molecule has 8 heteroatoms. The first-order valence-corrected chi connectivity index (χ1v) is 11.0. The number of hydrogen-bond donors (Lipinski definition) is 2. The Labute approximate surface area is 188 Å². The quantitative estimate of drug-likeness (QED) is 0.477. The molecule has 0 saturated carbocycles. The van der Waals surface area contributed by atoms with Gasteiger partial charge in [0.15, 0.2) is 6.61 Å². The number of benzene rings is 1. The van der Waals surface area contributed by atoms with E-state index in [-0.39, 0.29) is 48.0 Å². The number of amides is 4. The zero-order valence-electron chi connectivity index (χ0n) is 19.0. The molecule has 8 nitrogen and oxygen atoms in total. The topological polar surface area (TPSA) is 105 Å². The zero-order chi connectivity index (χ0) is 23.5. The van der Waals surface area contributed by atoms with Crippen molar-refractivity contribution in [2.75, 3.05) is 13.2 Å². The Morgan fingerprint density at radius 2 is 2.00 bits per heavy atom. The fourth-order valence-electron chi connectivity index (χ4n) is 3.95. The minimum Gasteiger partial charge on any atom is -0.483 e. The van der Waals surface area contributed by atoms with Crippen LogP contribution in [0.25, 0.3) is 5.70 Å². The zero-order valence-corrected chi connectivity index (χ0v) is 19.0. The third-order valence-electron chi connectivity index (χ3n) is 5.62. The average molecular weight is 442 g/mol. The summed E-state index contributed by atoms with van der Waals surface area (Å²) in [5.74, 6) is -1.28. The minimum absolute atomic E-state index is 0.156. The Hall–Kier alpha value is -3.16. The predicted octanol–water partition coefficient (Wildman–Crippen LogP) is 2.63. The van der Waals surface area contributed by atoms with Crippen LogP contribution in [0.15, 0.2) is 24.8 Å². The molecule has 2 heterocycles. The van der Waals surface area contributed by atoms with E-state index in [2.05, 4.69) is 38.0 Å². The molecule has 1 unspecified atom stereocenters. The van der Waals surface area contributed by atoms with Crippen LogP contribution in [0.5, 0.6) is 5.75 Å². The number of hydrogen-bond acceptors (Lipinski definition) is 5. The van der Waals surface area contributed by atoms with Gasteiger partial charge < -0.3 is 10.1 Å². The number of rotatable bonds is 8. The van der Waals surface area contributed by atoms with E-state index >= 15 is 0 Å². The van der Waals surface area contributed by atoms with Crippen LogP contribution in [0.4, 0.5) is 0 Å². The Balaban J connectivity index is 1.59. The van der Waals surface area contributed by atoms with Gasteiger partial charge in [-0.25, -0.2) is 0 Å². The molecule has 0 aliphatic carbocycles. The summed E-state index contributed by atoms with van der Waals surface area (Å²) in [5, 5.41) is 5.10. The van der Waals surface area contributed by atoms with E-state index in [4.69, 9.17) is 4.74 Å². The van der Waals surface area contributed by atoms with Gasteiger partial charge in [0, 0.05) is 24.2 Å². The minimum atomic E-state index is -0.802. The monoisotopic (exact) mass is 441 g/mol. The average Bonchev–Trinajstić information content (AvgIpc) is 2.96. The lowest BCUT2D eigenvalue weighted by Crippen LogP contribution is -2.52. The van der Waals surface area contributed by atoms with Gasteiger partial charge in [-0.05, 0) is 30.7 Å². The second-order valence-electron chi connectivity index (χ2n) is 9.42. The lowest BCUT2D eigenvalue weighted by Gasteiger charge is -2.30. The molecule has 2 aliphatic rings. The molecule has 172 valence electrons. The molecular weight excluding hydrogens is 410 g/mol. The standard InChI is InChI=1S/C24H31N3O5/c1-15-16-8-7-9-18(32-14-20(29)25-13-6-5-12-24(2,3)4)21(16)23(31)27(15)17-10-11-19(28)26-22(17)30/h7-9,17H,1,5-6,10-14H2,2-4H3,(H,25,29)(H,26,28,30). The third-order valence-corrected chi connectivity index (χ3v) is 5.62. The molecule has 0 aromatic heterocycles. The van der Waals surface area contributed by atoms with Crippen LogP contribution in [0.3, 0.4) is 0 Å².